The molecule has 2 amide bonds. The summed E-state index contributed by atoms with van der Waals surface area (Å²) in [5.41, 5.74) is 0.762. The van der Waals surface area contributed by atoms with Gasteiger partial charge in [0.25, 0.3) is 11.8 Å². The van der Waals surface area contributed by atoms with E-state index in [0.717, 1.165) is 0 Å². The van der Waals surface area contributed by atoms with E-state index in [9.17, 15) is 14.7 Å². The first-order chi connectivity index (χ1) is 12.1. The van der Waals surface area contributed by atoms with Crippen molar-refractivity contribution in [3.05, 3.63) is 64.7 Å². The molecule has 0 spiro atoms. The summed E-state index contributed by atoms with van der Waals surface area (Å²) >= 11 is 6.12. The number of carbonyl (C=O) groups excluding carboxylic acids is 2. The first-order valence-electron chi connectivity index (χ1n) is 8.19. The molecule has 6 heteroatoms. The van der Waals surface area contributed by atoms with Crippen molar-refractivity contribution in [2.75, 3.05) is 26.2 Å². The van der Waals surface area contributed by atoms with E-state index in [0.29, 0.717) is 43.2 Å². The van der Waals surface area contributed by atoms with Crippen molar-refractivity contribution in [3.8, 4) is 5.75 Å². The lowest BCUT2D eigenvalue weighted by Crippen LogP contribution is -2.37. The molecule has 3 rings (SSSR count). The van der Waals surface area contributed by atoms with Crippen LogP contribution >= 0.6 is 11.6 Å². The molecule has 2 aromatic carbocycles. The van der Waals surface area contributed by atoms with Crippen LogP contribution in [0.25, 0.3) is 0 Å². The second kappa shape index (κ2) is 7.57. The Hall–Kier alpha value is -2.53. The van der Waals surface area contributed by atoms with Crippen molar-refractivity contribution >= 4 is 23.4 Å². The van der Waals surface area contributed by atoms with Gasteiger partial charge in [0.2, 0.25) is 0 Å². The number of para-hydroxylation sites is 1. The lowest BCUT2D eigenvalue weighted by molar-refractivity contribution is 0.0717. The molecule has 0 aliphatic carbocycles. The van der Waals surface area contributed by atoms with Crippen LogP contribution < -0.4 is 0 Å². The van der Waals surface area contributed by atoms with Gasteiger partial charge in [-0.1, -0.05) is 35.9 Å². The van der Waals surface area contributed by atoms with Gasteiger partial charge in [0.05, 0.1) is 16.1 Å². The molecule has 2 aromatic rings. The molecule has 1 aliphatic rings. The largest absolute Gasteiger partial charge is 0.507 e. The highest BCUT2D eigenvalue weighted by Gasteiger charge is 2.25. The Kier molecular flexibility index (Phi) is 5.24. The fraction of sp³-hybridized carbons (Fsp3) is 0.263. The highest BCUT2D eigenvalue weighted by molar-refractivity contribution is 6.33. The van der Waals surface area contributed by atoms with Gasteiger partial charge in [0.15, 0.2) is 0 Å². The number of carbonyl (C=O) groups is 2. The normalized spacial score (nSPS) is 14.9. The quantitative estimate of drug-likeness (QED) is 0.897. The van der Waals surface area contributed by atoms with Gasteiger partial charge < -0.3 is 14.9 Å². The van der Waals surface area contributed by atoms with Crippen LogP contribution in [0.4, 0.5) is 0 Å². The summed E-state index contributed by atoms with van der Waals surface area (Å²) in [5, 5.41) is 10.3. The van der Waals surface area contributed by atoms with E-state index in [1.54, 1.807) is 52.3 Å². The molecule has 1 aliphatic heterocycles. The highest BCUT2D eigenvalue weighted by Crippen LogP contribution is 2.21. The number of halogens is 1. The topological polar surface area (TPSA) is 60.9 Å². The summed E-state index contributed by atoms with van der Waals surface area (Å²) in [5.74, 6) is -0.367. The summed E-state index contributed by atoms with van der Waals surface area (Å²) in [6.45, 7) is 1.96. The second-order valence-corrected chi connectivity index (χ2v) is 6.34. The molecular weight excluding hydrogens is 340 g/mol. The van der Waals surface area contributed by atoms with Gasteiger partial charge in [0, 0.05) is 26.2 Å². The van der Waals surface area contributed by atoms with Crippen molar-refractivity contribution in [2.24, 2.45) is 0 Å². The van der Waals surface area contributed by atoms with Crippen LogP contribution in [0.5, 0.6) is 5.75 Å². The Morgan fingerprint density at radius 3 is 1.92 bits per heavy atom. The third-order valence-corrected chi connectivity index (χ3v) is 4.64. The number of hydrogen-bond acceptors (Lipinski definition) is 3. The molecule has 0 unspecified atom stereocenters. The van der Waals surface area contributed by atoms with E-state index in [2.05, 4.69) is 0 Å². The van der Waals surface area contributed by atoms with Gasteiger partial charge in [-0.25, -0.2) is 0 Å². The predicted octanol–water partition coefficient (Wildman–Crippen LogP) is 3.03. The Bertz CT molecular complexity index is 728. The number of nitrogens with zero attached hydrogens (tertiary/aromatic N) is 2. The smallest absolute Gasteiger partial charge is 0.257 e. The third-order valence-electron chi connectivity index (χ3n) is 4.31. The summed E-state index contributed by atoms with van der Waals surface area (Å²) in [4.78, 5) is 28.7. The summed E-state index contributed by atoms with van der Waals surface area (Å²) in [6, 6.07) is 13.5. The zero-order chi connectivity index (χ0) is 17.8. The summed E-state index contributed by atoms with van der Waals surface area (Å²) < 4.78 is 0. The molecule has 1 saturated heterocycles. The third kappa shape index (κ3) is 3.77. The fourth-order valence-electron chi connectivity index (χ4n) is 2.95. The number of hydrogen-bond donors (Lipinski definition) is 1. The highest BCUT2D eigenvalue weighted by atomic mass is 35.5. The van der Waals surface area contributed by atoms with Gasteiger partial charge in [0.1, 0.15) is 5.75 Å². The molecular formula is C19H19ClN2O3. The van der Waals surface area contributed by atoms with Crippen LogP contribution in [0.15, 0.2) is 48.5 Å². The molecule has 130 valence electrons. The van der Waals surface area contributed by atoms with E-state index >= 15 is 0 Å². The first-order valence-corrected chi connectivity index (χ1v) is 8.57. The molecule has 0 saturated carbocycles. The Morgan fingerprint density at radius 2 is 1.32 bits per heavy atom. The maximum atomic E-state index is 12.7. The zero-order valence-corrected chi connectivity index (χ0v) is 14.4. The molecule has 0 aromatic heterocycles. The van der Waals surface area contributed by atoms with Gasteiger partial charge in [-0.15, -0.1) is 0 Å². The van der Waals surface area contributed by atoms with Crippen molar-refractivity contribution < 1.29 is 14.7 Å². The minimum Gasteiger partial charge on any atom is -0.507 e. The molecule has 1 heterocycles. The minimum absolute atomic E-state index is 0.0271. The van der Waals surface area contributed by atoms with Crippen LogP contribution in [0.3, 0.4) is 0 Å². The molecule has 0 atom stereocenters. The van der Waals surface area contributed by atoms with E-state index in [1.807, 2.05) is 0 Å². The summed E-state index contributed by atoms with van der Waals surface area (Å²) in [6.07, 6.45) is 0.676. The maximum Gasteiger partial charge on any atom is 0.257 e. The molecule has 1 fully saturated rings. The van der Waals surface area contributed by atoms with Crippen molar-refractivity contribution in [1.29, 1.82) is 0 Å². The molecule has 5 nitrogen and oxygen atoms in total. The SMILES string of the molecule is O=C(c1ccccc1O)N1CCCN(C(=O)c2ccccc2Cl)CC1. The first kappa shape index (κ1) is 17.3. The minimum atomic E-state index is -0.217. The standard InChI is InChI=1S/C19H19ClN2O3/c20-16-8-3-1-6-14(16)18(24)21-10-5-11-22(13-12-21)19(25)15-7-2-4-9-17(15)23/h1-4,6-9,23H,5,10-13H2. The number of aromatic hydroxyl groups is 1. The number of rotatable bonds is 2. The summed E-state index contributed by atoms with van der Waals surface area (Å²) in [7, 11) is 0. The number of phenolic OH excluding ortho intramolecular Hbond substituents is 1. The van der Waals surface area contributed by atoms with Crippen LogP contribution in [0.2, 0.25) is 5.02 Å². The van der Waals surface area contributed by atoms with Crippen molar-refractivity contribution in [3.63, 3.8) is 0 Å². The predicted molar refractivity (Wildman–Crippen MR) is 96.0 cm³/mol. The van der Waals surface area contributed by atoms with Crippen LogP contribution in [0.1, 0.15) is 27.1 Å². The van der Waals surface area contributed by atoms with Crippen molar-refractivity contribution in [2.45, 2.75) is 6.42 Å². The Labute approximate surface area is 151 Å². The van der Waals surface area contributed by atoms with Gasteiger partial charge in [-0.2, -0.15) is 0 Å². The van der Waals surface area contributed by atoms with E-state index < -0.39 is 0 Å². The second-order valence-electron chi connectivity index (χ2n) is 5.93. The lowest BCUT2D eigenvalue weighted by Gasteiger charge is -2.23. The molecule has 25 heavy (non-hydrogen) atoms. The van der Waals surface area contributed by atoms with Gasteiger partial charge in [-0.3, -0.25) is 9.59 Å². The van der Waals surface area contributed by atoms with E-state index in [4.69, 9.17) is 11.6 Å². The van der Waals surface area contributed by atoms with Crippen LogP contribution in [0, 0.1) is 0 Å². The Balaban J connectivity index is 1.70. The average molecular weight is 359 g/mol. The average Bonchev–Trinajstić information content (AvgIpc) is 2.87. The monoisotopic (exact) mass is 358 g/mol. The van der Waals surface area contributed by atoms with E-state index in [-0.39, 0.29) is 23.1 Å². The molecule has 0 bridgehead atoms. The lowest BCUT2D eigenvalue weighted by atomic mass is 10.1. The fourth-order valence-corrected chi connectivity index (χ4v) is 3.17. The van der Waals surface area contributed by atoms with E-state index in [1.165, 1.54) is 6.07 Å². The van der Waals surface area contributed by atoms with Gasteiger partial charge in [-0.05, 0) is 30.7 Å². The van der Waals surface area contributed by atoms with Crippen LogP contribution in [-0.4, -0.2) is 52.9 Å². The zero-order valence-electron chi connectivity index (χ0n) is 13.7. The molecule has 1 N–H and O–H groups in total. The number of amides is 2. The van der Waals surface area contributed by atoms with Crippen molar-refractivity contribution in [1.82, 2.24) is 9.80 Å². The van der Waals surface area contributed by atoms with Gasteiger partial charge >= 0.3 is 0 Å². The number of benzene rings is 2. The Morgan fingerprint density at radius 1 is 0.800 bits per heavy atom. The molecule has 0 radical (unpaired) electrons. The number of phenols is 1. The van der Waals surface area contributed by atoms with Crippen LogP contribution in [-0.2, 0) is 0 Å². The maximum absolute atomic E-state index is 12.7.